The fraction of sp³-hybridized carbons (Fsp3) is 0.125. The largest absolute Gasteiger partial charge is 0.468 e. The summed E-state index contributed by atoms with van der Waals surface area (Å²) in [6, 6.07) is 18.5. The molecular formula is C24H21N5O2S. The van der Waals surface area contributed by atoms with E-state index in [9.17, 15) is 4.79 Å². The molecule has 3 N–H and O–H groups in total. The number of thiophene rings is 1. The monoisotopic (exact) mass is 443 g/mol. The van der Waals surface area contributed by atoms with E-state index in [1.54, 1.807) is 17.7 Å². The first-order valence-corrected chi connectivity index (χ1v) is 11.0. The van der Waals surface area contributed by atoms with E-state index in [1.165, 1.54) is 12.7 Å². The molecule has 0 unspecified atom stereocenters. The molecule has 5 rings (SSSR count). The lowest BCUT2D eigenvalue weighted by molar-refractivity contribution is -0.139. The van der Waals surface area contributed by atoms with Crippen molar-refractivity contribution >= 4 is 49.9 Å². The number of rotatable bonds is 7. The van der Waals surface area contributed by atoms with Crippen LogP contribution in [0.25, 0.3) is 31.6 Å². The highest BCUT2D eigenvalue weighted by molar-refractivity contribution is 7.22. The van der Waals surface area contributed by atoms with Crippen molar-refractivity contribution in [2.75, 3.05) is 19.0 Å². The van der Waals surface area contributed by atoms with Gasteiger partial charge in [0.25, 0.3) is 0 Å². The Kier molecular flexibility index (Phi) is 5.53. The molecular weight excluding hydrogens is 422 g/mol. The number of hydrogen-bond acceptors (Lipinski definition) is 7. The van der Waals surface area contributed by atoms with Gasteiger partial charge < -0.3 is 20.4 Å². The molecule has 0 bridgehead atoms. The first-order chi connectivity index (χ1) is 15.7. The van der Waals surface area contributed by atoms with Gasteiger partial charge in [0.05, 0.1) is 23.9 Å². The fourth-order valence-electron chi connectivity index (χ4n) is 3.60. The van der Waals surface area contributed by atoms with Gasteiger partial charge in [0.1, 0.15) is 6.33 Å². The van der Waals surface area contributed by atoms with Crippen LogP contribution in [-0.4, -0.2) is 34.6 Å². The van der Waals surface area contributed by atoms with Gasteiger partial charge >= 0.3 is 5.97 Å². The van der Waals surface area contributed by atoms with Gasteiger partial charge in [0, 0.05) is 34.2 Å². The Morgan fingerprint density at radius 3 is 2.84 bits per heavy atom. The highest BCUT2D eigenvalue weighted by atomic mass is 32.1. The van der Waals surface area contributed by atoms with Gasteiger partial charge in [0.2, 0.25) is 0 Å². The summed E-state index contributed by atoms with van der Waals surface area (Å²) in [4.78, 5) is 24.7. The molecule has 3 aromatic heterocycles. The molecule has 8 heteroatoms. The van der Waals surface area contributed by atoms with Crippen molar-refractivity contribution in [1.82, 2.24) is 20.3 Å². The third-order valence-corrected chi connectivity index (χ3v) is 6.39. The lowest BCUT2D eigenvalue weighted by atomic mass is 10.1. The summed E-state index contributed by atoms with van der Waals surface area (Å²) in [5, 5.41) is 7.64. The number of ether oxygens (including phenoxy) is 1. The molecule has 2 aromatic carbocycles. The average molecular weight is 444 g/mol. The number of methoxy groups -OCH3 is 1. The zero-order valence-electron chi connectivity index (χ0n) is 17.4. The fourth-order valence-corrected chi connectivity index (χ4v) is 4.66. The van der Waals surface area contributed by atoms with E-state index in [-0.39, 0.29) is 12.5 Å². The topological polar surface area (TPSA) is 91.9 Å². The van der Waals surface area contributed by atoms with Crippen molar-refractivity contribution in [3.8, 4) is 10.4 Å². The minimum atomic E-state index is -0.286. The highest BCUT2D eigenvalue weighted by Crippen LogP contribution is 2.36. The number of fused-ring (bicyclic) bond motifs is 2. The molecule has 5 aromatic rings. The molecule has 0 saturated heterocycles. The van der Waals surface area contributed by atoms with Crippen LogP contribution in [0.1, 0.15) is 5.56 Å². The molecule has 0 aliphatic heterocycles. The van der Waals surface area contributed by atoms with Gasteiger partial charge in [-0.3, -0.25) is 4.79 Å². The molecule has 160 valence electrons. The normalized spacial score (nSPS) is 11.2. The van der Waals surface area contributed by atoms with Crippen LogP contribution in [0.3, 0.4) is 0 Å². The van der Waals surface area contributed by atoms with Crippen LogP contribution in [0, 0.1) is 0 Å². The molecule has 0 aliphatic carbocycles. The lowest BCUT2D eigenvalue weighted by Gasteiger charge is -2.07. The van der Waals surface area contributed by atoms with Gasteiger partial charge in [-0.25, -0.2) is 9.97 Å². The Balaban J connectivity index is 1.42. The van der Waals surface area contributed by atoms with Crippen LogP contribution >= 0.6 is 11.3 Å². The molecule has 0 atom stereocenters. The zero-order valence-corrected chi connectivity index (χ0v) is 18.2. The summed E-state index contributed by atoms with van der Waals surface area (Å²) in [7, 11) is 1.38. The molecule has 7 nitrogen and oxygen atoms in total. The molecule has 0 radical (unpaired) electrons. The van der Waals surface area contributed by atoms with E-state index in [1.807, 2.05) is 36.5 Å². The lowest BCUT2D eigenvalue weighted by Crippen LogP contribution is -2.23. The van der Waals surface area contributed by atoms with Crippen molar-refractivity contribution in [3.63, 3.8) is 0 Å². The van der Waals surface area contributed by atoms with E-state index in [0.29, 0.717) is 6.54 Å². The van der Waals surface area contributed by atoms with E-state index >= 15 is 0 Å². The van der Waals surface area contributed by atoms with Crippen LogP contribution in [0.5, 0.6) is 0 Å². The quantitative estimate of drug-likeness (QED) is 0.312. The van der Waals surface area contributed by atoms with Gasteiger partial charge in [0.15, 0.2) is 5.82 Å². The number of aromatic nitrogens is 3. The van der Waals surface area contributed by atoms with E-state index in [0.717, 1.165) is 43.1 Å². The number of H-pyrrole nitrogens is 1. The maximum Gasteiger partial charge on any atom is 0.319 e. The molecule has 0 aliphatic rings. The smallest absolute Gasteiger partial charge is 0.319 e. The second-order valence-corrected chi connectivity index (χ2v) is 8.34. The van der Waals surface area contributed by atoms with Gasteiger partial charge in [-0.1, -0.05) is 30.3 Å². The molecule has 0 saturated carbocycles. The Labute approximate surface area is 188 Å². The maximum atomic E-state index is 11.3. The van der Waals surface area contributed by atoms with Gasteiger partial charge in [-0.2, -0.15) is 0 Å². The summed E-state index contributed by atoms with van der Waals surface area (Å²) in [5.74, 6) is 0.494. The van der Waals surface area contributed by atoms with Crippen molar-refractivity contribution < 1.29 is 9.53 Å². The predicted octanol–water partition coefficient (Wildman–Crippen LogP) is 4.85. The van der Waals surface area contributed by atoms with E-state index in [2.05, 4.69) is 54.6 Å². The number of hydrogen-bond donors (Lipinski definition) is 3. The van der Waals surface area contributed by atoms with Gasteiger partial charge in [-0.05, 0) is 35.4 Å². The minimum absolute atomic E-state index is 0.169. The maximum absolute atomic E-state index is 11.3. The SMILES string of the molecule is COC(=O)CNCc1c[nH]c2ccc(Nc3ncnc4cc(-c5ccccc5)sc34)cc12. The molecule has 0 fully saturated rings. The summed E-state index contributed by atoms with van der Waals surface area (Å²) >= 11 is 1.67. The first-order valence-electron chi connectivity index (χ1n) is 10.2. The summed E-state index contributed by atoms with van der Waals surface area (Å²) in [6.45, 7) is 0.726. The number of carbonyl (C=O) groups is 1. The highest BCUT2D eigenvalue weighted by Gasteiger charge is 2.12. The summed E-state index contributed by atoms with van der Waals surface area (Å²) in [6.07, 6.45) is 3.54. The number of anilines is 2. The Bertz CT molecular complexity index is 1390. The standard InChI is InChI=1S/C24H21N5O2S/c1-31-22(30)13-25-11-16-12-26-19-8-7-17(9-18(16)19)29-24-23-20(27-14-28-24)10-21(32-23)15-5-3-2-4-6-15/h2-10,12,14,25-26H,11,13H2,1H3,(H,27,28,29). The number of carbonyl (C=O) groups excluding carboxylic acids is 1. The van der Waals surface area contributed by atoms with E-state index in [4.69, 9.17) is 0 Å². The molecule has 0 spiro atoms. The van der Waals surface area contributed by atoms with E-state index < -0.39 is 0 Å². The van der Waals surface area contributed by atoms with Crippen LogP contribution in [-0.2, 0) is 16.1 Å². The summed E-state index contributed by atoms with van der Waals surface area (Å²) < 4.78 is 5.69. The third-order valence-electron chi connectivity index (χ3n) is 5.21. The summed E-state index contributed by atoms with van der Waals surface area (Å²) in [5.41, 5.74) is 5.12. The molecule has 0 amide bonds. The van der Waals surface area contributed by atoms with Gasteiger partial charge in [-0.15, -0.1) is 11.3 Å². The van der Waals surface area contributed by atoms with Crippen LogP contribution in [0.2, 0.25) is 0 Å². The number of aromatic amines is 1. The van der Waals surface area contributed by atoms with Crippen LogP contribution in [0.4, 0.5) is 11.5 Å². The number of esters is 1. The van der Waals surface area contributed by atoms with Crippen molar-refractivity contribution in [1.29, 1.82) is 0 Å². The van der Waals surface area contributed by atoms with Crippen LogP contribution in [0.15, 0.2) is 67.1 Å². The average Bonchev–Trinajstić information content (AvgIpc) is 3.44. The Morgan fingerprint density at radius 1 is 1.12 bits per heavy atom. The molecule has 3 heterocycles. The second kappa shape index (κ2) is 8.78. The van der Waals surface area contributed by atoms with Crippen LogP contribution < -0.4 is 10.6 Å². The number of nitrogens with zero attached hydrogens (tertiary/aromatic N) is 2. The number of benzene rings is 2. The van der Waals surface area contributed by atoms with Crippen molar-refractivity contribution in [2.24, 2.45) is 0 Å². The Morgan fingerprint density at radius 2 is 2.00 bits per heavy atom. The zero-order chi connectivity index (χ0) is 21.9. The second-order valence-electron chi connectivity index (χ2n) is 7.29. The van der Waals surface area contributed by atoms with Crippen molar-refractivity contribution in [3.05, 3.63) is 72.7 Å². The third kappa shape index (κ3) is 4.05. The number of nitrogens with one attached hydrogen (secondary N) is 3. The predicted molar refractivity (Wildman–Crippen MR) is 128 cm³/mol. The Hall–Kier alpha value is -3.75. The first kappa shape index (κ1) is 20.2. The van der Waals surface area contributed by atoms with Crippen molar-refractivity contribution in [2.45, 2.75) is 6.54 Å². The molecule has 32 heavy (non-hydrogen) atoms. The minimum Gasteiger partial charge on any atom is -0.468 e.